The lowest BCUT2D eigenvalue weighted by Crippen LogP contribution is -2.80. The van der Waals surface area contributed by atoms with E-state index in [1.165, 1.54) is 34.0 Å². The van der Waals surface area contributed by atoms with Gasteiger partial charge in [-0.15, -0.1) is 0 Å². The number of nitrogens with zero attached hydrogens (tertiary/aromatic N) is 1. The van der Waals surface area contributed by atoms with Crippen LogP contribution in [0.1, 0.15) is 16.7 Å². The van der Waals surface area contributed by atoms with Crippen LogP contribution in [0, 0.1) is 5.82 Å². The molecule has 0 radical (unpaired) electrons. The lowest BCUT2D eigenvalue weighted by Gasteiger charge is -2.14. The Bertz CT molecular complexity index is 1050. The smallest absolute Gasteiger partial charge is 0.129 e. The highest BCUT2D eigenvalue weighted by Gasteiger charge is 2.11. The Balaban J connectivity index is 1.54. The van der Waals surface area contributed by atoms with Crippen LogP contribution in [0.25, 0.3) is 10.8 Å². The van der Waals surface area contributed by atoms with E-state index in [4.69, 9.17) is 4.74 Å². The lowest BCUT2D eigenvalue weighted by molar-refractivity contribution is -0.686. The van der Waals surface area contributed by atoms with Crippen molar-refractivity contribution in [1.82, 2.24) is 4.98 Å². The SMILES string of the molecule is Fc1ccc(COc2ccc3ccccc3c2C[NH2+]Cc2cccnc2)cc1. The number of fused-ring (bicyclic) bond motifs is 1. The van der Waals surface area contributed by atoms with Crippen molar-refractivity contribution in [3.8, 4) is 5.75 Å². The lowest BCUT2D eigenvalue weighted by atomic mass is 10.0. The minimum Gasteiger partial charge on any atom is -0.488 e. The molecule has 4 heteroatoms. The zero-order valence-electron chi connectivity index (χ0n) is 15.5. The van der Waals surface area contributed by atoms with Crippen LogP contribution in [0.5, 0.6) is 5.75 Å². The van der Waals surface area contributed by atoms with Crippen LogP contribution >= 0.6 is 0 Å². The molecule has 140 valence electrons. The average molecular weight is 373 g/mol. The molecule has 0 atom stereocenters. The number of hydrogen-bond acceptors (Lipinski definition) is 2. The Kier molecular flexibility index (Phi) is 5.59. The third kappa shape index (κ3) is 4.35. The topological polar surface area (TPSA) is 38.7 Å². The quantitative estimate of drug-likeness (QED) is 0.527. The summed E-state index contributed by atoms with van der Waals surface area (Å²) in [5, 5.41) is 4.65. The molecule has 28 heavy (non-hydrogen) atoms. The molecule has 2 N–H and O–H groups in total. The molecule has 0 bridgehead atoms. The zero-order chi connectivity index (χ0) is 19.2. The largest absolute Gasteiger partial charge is 0.488 e. The van der Waals surface area contributed by atoms with Crippen LogP contribution in [0.3, 0.4) is 0 Å². The van der Waals surface area contributed by atoms with Gasteiger partial charge in [-0.25, -0.2) is 4.39 Å². The second-order valence-electron chi connectivity index (χ2n) is 6.74. The van der Waals surface area contributed by atoms with Crippen molar-refractivity contribution >= 4 is 10.8 Å². The summed E-state index contributed by atoms with van der Waals surface area (Å²) in [6.07, 6.45) is 3.68. The first-order valence-electron chi connectivity index (χ1n) is 9.38. The predicted molar refractivity (Wildman–Crippen MR) is 108 cm³/mol. The number of hydrogen-bond donors (Lipinski definition) is 1. The number of ether oxygens (including phenoxy) is 1. The molecule has 1 heterocycles. The molecule has 0 amide bonds. The van der Waals surface area contributed by atoms with Crippen LogP contribution in [0.15, 0.2) is 85.2 Å². The van der Waals surface area contributed by atoms with Gasteiger partial charge in [0.15, 0.2) is 0 Å². The third-order valence-electron chi connectivity index (χ3n) is 4.76. The monoisotopic (exact) mass is 373 g/mol. The Morgan fingerprint density at radius 3 is 2.50 bits per heavy atom. The van der Waals surface area contributed by atoms with E-state index in [1.807, 2.05) is 24.4 Å². The van der Waals surface area contributed by atoms with Crippen LogP contribution in [0.4, 0.5) is 4.39 Å². The van der Waals surface area contributed by atoms with Crippen LogP contribution < -0.4 is 10.1 Å². The summed E-state index contributed by atoms with van der Waals surface area (Å²) in [7, 11) is 0. The van der Waals surface area contributed by atoms with Crippen molar-refractivity contribution in [2.75, 3.05) is 0 Å². The first kappa shape index (κ1) is 18.1. The minimum atomic E-state index is -0.236. The van der Waals surface area contributed by atoms with Crippen molar-refractivity contribution in [3.63, 3.8) is 0 Å². The Morgan fingerprint density at radius 2 is 1.68 bits per heavy atom. The van der Waals surface area contributed by atoms with Gasteiger partial charge in [-0.2, -0.15) is 0 Å². The summed E-state index contributed by atoms with van der Waals surface area (Å²) < 4.78 is 19.2. The molecule has 4 rings (SSSR count). The third-order valence-corrected chi connectivity index (χ3v) is 4.76. The van der Waals surface area contributed by atoms with Crippen LogP contribution in [-0.4, -0.2) is 4.98 Å². The van der Waals surface area contributed by atoms with Gasteiger partial charge < -0.3 is 10.1 Å². The summed E-state index contributed by atoms with van der Waals surface area (Å²) in [5.74, 6) is 0.630. The number of rotatable bonds is 7. The van der Waals surface area contributed by atoms with Crippen LogP contribution in [0.2, 0.25) is 0 Å². The van der Waals surface area contributed by atoms with E-state index < -0.39 is 0 Å². The standard InChI is InChI=1S/C24H21FN2O/c25-21-10-7-18(8-11-21)17-28-24-12-9-20-5-1-2-6-22(20)23(24)16-27-15-19-4-3-13-26-14-19/h1-14,27H,15-17H2/p+1. The average Bonchev–Trinajstić information content (AvgIpc) is 2.75. The fourth-order valence-corrected chi connectivity index (χ4v) is 3.31. The molecule has 3 nitrogen and oxygen atoms in total. The number of aromatic nitrogens is 1. The van der Waals surface area contributed by atoms with Gasteiger partial charge in [-0.3, -0.25) is 4.98 Å². The molecular formula is C24H22FN2O+. The summed E-state index contributed by atoms with van der Waals surface area (Å²) in [4.78, 5) is 4.18. The molecule has 0 aliphatic heterocycles. The number of halogens is 1. The van der Waals surface area contributed by atoms with E-state index in [-0.39, 0.29) is 5.82 Å². The first-order chi connectivity index (χ1) is 13.8. The van der Waals surface area contributed by atoms with E-state index in [0.29, 0.717) is 6.61 Å². The number of benzene rings is 3. The molecule has 0 saturated carbocycles. The molecule has 0 unspecified atom stereocenters. The van der Waals surface area contributed by atoms with Gasteiger partial charge in [0.1, 0.15) is 31.3 Å². The highest BCUT2D eigenvalue weighted by Crippen LogP contribution is 2.28. The molecule has 0 aliphatic rings. The van der Waals surface area contributed by atoms with E-state index in [0.717, 1.165) is 24.4 Å². The fourth-order valence-electron chi connectivity index (χ4n) is 3.31. The molecule has 3 aromatic carbocycles. The van der Waals surface area contributed by atoms with Crippen molar-refractivity contribution in [1.29, 1.82) is 0 Å². The molecular weight excluding hydrogens is 351 g/mol. The van der Waals surface area contributed by atoms with Crippen molar-refractivity contribution in [3.05, 3.63) is 108 Å². The summed E-state index contributed by atoms with van der Waals surface area (Å²) >= 11 is 0. The number of nitrogens with two attached hydrogens (primary N) is 1. The Morgan fingerprint density at radius 1 is 0.821 bits per heavy atom. The van der Waals surface area contributed by atoms with E-state index in [2.05, 4.69) is 40.6 Å². The predicted octanol–water partition coefficient (Wildman–Crippen LogP) is 4.22. The van der Waals surface area contributed by atoms with Gasteiger partial charge in [-0.1, -0.05) is 48.5 Å². The minimum absolute atomic E-state index is 0.236. The van der Waals surface area contributed by atoms with Gasteiger partial charge >= 0.3 is 0 Å². The molecule has 4 aromatic rings. The number of quaternary nitrogens is 1. The number of pyridine rings is 1. The molecule has 0 fully saturated rings. The van der Waals surface area contributed by atoms with Gasteiger partial charge in [0.05, 0.1) is 5.56 Å². The van der Waals surface area contributed by atoms with E-state index in [9.17, 15) is 4.39 Å². The maximum atomic E-state index is 13.1. The van der Waals surface area contributed by atoms with Gasteiger partial charge in [-0.05, 0) is 40.6 Å². The van der Waals surface area contributed by atoms with E-state index in [1.54, 1.807) is 18.3 Å². The maximum absolute atomic E-state index is 13.1. The Labute approximate surface area is 163 Å². The second kappa shape index (κ2) is 8.63. The van der Waals surface area contributed by atoms with Crippen LogP contribution in [-0.2, 0) is 19.7 Å². The normalized spacial score (nSPS) is 10.9. The molecule has 0 spiro atoms. The Hall–Kier alpha value is -3.24. The van der Waals surface area contributed by atoms with Crippen molar-refractivity contribution in [2.45, 2.75) is 19.7 Å². The molecule has 1 aromatic heterocycles. The fraction of sp³-hybridized carbons (Fsp3) is 0.125. The van der Waals surface area contributed by atoms with Gasteiger partial charge in [0.25, 0.3) is 0 Å². The molecule has 0 aliphatic carbocycles. The summed E-state index contributed by atoms with van der Waals surface area (Å²) in [6.45, 7) is 2.07. The van der Waals surface area contributed by atoms with Crippen molar-refractivity contribution < 1.29 is 14.4 Å². The summed E-state index contributed by atoms with van der Waals surface area (Å²) in [5.41, 5.74) is 3.31. The summed E-state index contributed by atoms with van der Waals surface area (Å²) in [6, 6.07) is 22.9. The highest BCUT2D eigenvalue weighted by atomic mass is 19.1. The maximum Gasteiger partial charge on any atom is 0.129 e. The van der Waals surface area contributed by atoms with Gasteiger partial charge in [0, 0.05) is 18.0 Å². The van der Waals surface area contributed by atoms with E-state index >= 15 is 0 Å². The highest BCUT2D eigenvalue weighted by molar-refractivity contribution is 5.87. The van der Waals surface area contributed by atoms with Gasteiger partial charge in [0.2, 0.25) is 0 Å². The zero-order valence-corrected chi connectivity index (χ0v) is 15.5. The molecule has 0 saturated heterocycles. The first-order valence-corrected chi connectivity index (χ1v) is 9.38. The van der Waals surface area contributed by atoms with Crippen molar-refractivity contribution in [2.24, 2.45) is 0 Å². The second-order valence-corrected chi connectivity index (χ2v) is 6.74.